The van der Waals surface area contributed by atoms with E-state index in [0.29, 0.717) is 11.4 Å². The van der Waals surface area contributed by atoms with Gasteiger partial charge in [0.25, 0.3) is 5.56 Å². The fourth-order valence-corrected chi connectivity index (χ4v) is 3.15. The molecule has 1 N–H and O–H groups in total. The van der Waals surface area contributed by atoms with Crippen LogP contribution in [0.2, 0.25) is 0 Å². The first kappa shape index (κ1) is 17.2. The molecule has 1 aromatic carbocycles. The quantitative estimate of drug-likeness (QED) is 0.906. The molecule has 2 aromatic rings. The number of methoxy groups -OCH3 is 1. The molecule has 1 amide bonds. The van der Waals surface area contributed by atoms with E-state index in [1.165, 1.54) is 17.2 Å². The molecular formula is C19H23N3O3. The van der Waals surface area contributed by atoms with Crippen molar-refractivity contribution >= 4 is 5.91 Å². The second-order valence-corrected chi connectivity index (χ2v) is 6.35. The van der Waals surface area contributed by atoms with Gasteiger partial charge < -0.3 is 10.1 Å². The molecule has 0 unspecified atom stereocenters. The Bertz CT molecular complexity index is 794. The Morgan fingerprint density at radius 2 is 2.04 bits per heavy atom. The molecule has 3 rings (SSSR count). The molecule has 1 aliphatic carbocycles. The Morgan fingerprint density at radius 1 is 1.24 bits per heavy atom. The van der Waals surface area contributed by atoms with Crippen LogP contribution < -0.4 is 15.6 Å². The molecule has 0 bridgehead atoms. The Kier molecular flexibility index (Phi) is 5.48. The third kappa shape index (κ3) is 4.47. The third-order valence-corrected chi connectivity index (χ3v) is 4.50. The number of amides is 1. The van der Waals surface area contributed by atoms with Crippen molar-refractivity contribution in [3.63, 3.8) is 0 Å². The molecule has 0 saturated heterocycles. The fraction of sp³-hybridized carbons (Fsp3) is 0.421. The van der Waals surface area contributed by atoms with Gasteiger partial charge in [0.15, 0.2) is 0 Å². The Balaban J connectivity index is 1.74. The van der Waals surface area contributed by atoms with Crippen molar-refractivity contribution in [2.45, 2.75) is 44.7 Å². The summed E-state index contributed by atoms with van der Waals surface area (Å²) < 4.78 is 6.43. The van der Waals surface area contributed by atoms with Crippen molar-refractivity contribution in [2.24, 2.45) is 0 Å². The van der Waals surface area contributed by atoms with Gasteiger partial charge in [0.05, 0.1) is 12.8 Å². The van der Waals surface area contributed by atoms with Crippen LogP contribution in [0.25, 0.3) is 11.3 Å². The molecule has 0 aliphatic heterocycles. The summed E-state index contributed by atoms with van der Waals surface area (Å²) in [7, 11) is 1.60. The van der Waals surface area contributed by atoms with E-state index in [2.05, 4.69) is 10.4 Å². The second kappa shape index (κ2) is 7.96. The summed E-state index contributed by atoms with van der Waals surface area (Å²) >= 11 is 0. The van der Waals surface area contributed by atoms with Gasteiger partial charge in [-0.25, -0.2) is 4.68 Å². The number of carbonyl (C=O) groups excluding carboxylic acids is 1. The average Bonchev–Trinajstić information content (AvgIpc) is 2.64. The lowest BCUT2D eigenvalue weighted by molar-refractivity contribution is -0.122. The lowest BCUT2D eigenvalue weighted by Crippen LogP contribution is -2.40. The SMILES string of the molecule is COc1cccc(-c2ccc(=O)n(CC(=O)NC3CCCCC3)n2)c1. The molecule has 1 heterocycles. The lowest BCUT2D eigenvalue weighted by atomic mass is 9.95. The van der Waals surface area contributed by atoms with Crippen molar-refractivity contribution in [2.75, 3.05) is 7.11 Å². The summed E-state index contributed by atoms with van der Waals surface area (Å²) in [5, 5.41) is 7.35. The molecule has 132 valence electrons. The number of nitrogens with one attached hydrogen (secondary N) is 1. The monoisotopic (exact) mass is 341 g/mol. The summed E-state index contributed by atoms with van der Waals surface area (Å²) in [4.78, 5) is 24.3. The van der Waals surface area contributed by atoms with Crippen LogP contribution in [0, 0.1) is 0 Å². The van der Waals surface area contributed by atoms with Gasteiger partial charge in [0.2, 0.25) is 5.91 Å². The molecule has 0 atom stereocenters. The third-order valence-electron chi connectivity index (χ3n) is 4.50. The van der Waals surface area contributed by atoms with E-state index in [1.54, 1.807) is 13.2 Å². The maximum Gasteiger partial charge on any atom is 0.267 e. The number of benzene rings is 1. The highest BCUT2D eigenvalue weighted by Crippen LogP contribution is 2.21. The molecule has 1 aliphatic rings. The molecule has 6 nitrogen and oxygen atoms in total. The maximum atomic E-state index is 12.3. The maximum absolute atomic E-state index is 12.3. The number of carbonyl (C=O) groups is 1. The number of nitrogens with zero attached hydrogens (tertiary/aromatic N) is 2. The predicted molar refractivity (Wildman–Crippen MR) is 95.5 cm³/mol. The zero-order chi connectivity index (χ0) is 17.6. The molecule has 0 spiro atoms. The van der Waals surface area contributed by atoms with E-state index < -0.39 is 0 Å². The van der Waals surface area contributed by atoms with Crippen LogP contribution in [0.3, 0.4) is 0 Å². The molecular weight excluding hydrogens is 318 g/mol. The zero-order valence-electron chi connectivity index (χ0n) is 14.4. The Hall–Kier alpha value is -2.63. The van der Waals surface area contributed by atoms with Crippen LogP contribution in [0.5, 0.6) is 5.75 Å². The van der Waals surface area contributed by atoms with Gasteiger partial charge in [-0.05, 0) is 31.0 Å². The molecule has 6 heteroatoms. The van der Waals surface area contributed by atoms with E-state index in [0.717, 1.165) is 31.2 Å². The van der Waals surface area contributed by atoms with Crippen LogP contribution in [-0.2, 0) is 11.3 Å². The highest BCUT2D eigenvalue weighted by atomic mass is 16.5. The van der Waals surface area contributed by atoms with E-state index in [1.807, 2.05) is 24.3 Å². The highest BCUT2D eigenvalue weighted by Gasteiger charge is 2.16. The number of aromatic nitrogens is 2. The number of hydrogen-bond acceptors (Lipinski definition) is 4. The van der Waals surface area contributed by atoms with Crippen molar-refractivity contribution < 1.29 is 9.53 Å². The van der Waals surface area contributed by atoms with Crippen molar-refractivity contribution in [1.29, 1.82) is 0 Å². The first-order valence-electron chi connectivity index (χ1n) is 8.67. The van der Waals surface area contributed by atoms with Gasteiger partial charge in [0, 0.05) is 17.7 Å². The minimum absolute atomic E-state index is 0.0624. The summed E-state index contributed by atoms with van der Waals surface area (Å²) in [5.74, 6) is 0.552. The largest absolute Gasteiger partial charge is 0.497 e. The van der Waals surface area contributed by atoms with Crippen LogP contribution in [0.1, 0.15) is 32.1 Å². The summed E-state index contributed by atoms with van der Waals surface area (Å²) in [5.41, 5.74) is 1.18. The van der Waals surface area contributed by atoms with Crippen LogP contribution in [-0.4, -0.2) is 28.8 Å². The smallest absolute Gasteiger partial charge is 0.267 e. The zero-order valence-corrected chi connectivity index (χ0v) is 14.4. The van der Waals surface area contributed by atoms with Crippen molar-refractivity contribution in [3.05, 3.63) is 46.8 Å². The van der Waals surface area contributed by atoms with Gasteiger partial charge in [-0.1, -0.05) is 31.4 Å². The lowest BCUT2D eigenvalue weighted by Gasteiger charge is -2.22. The summed E-state index contributed by atoms with van der Waals surface area (Å²) in [6.07, 6.45) is 5.55. The summed E-state index contributed by atoms with van der Waals surface area (Å²) in [6.45, 7) is -0.0624. The molecule has 0 radical (unpaired) electrons. The average molecular weight is 341 g/mol. The Labute approximate surface area is 146 Å². The first-order valence-corrected chi connectivity index (χ1v) is 8.67. The first-order chi connectivity index (χ1) is 12.2. The van der Waals surface area contributed by atoms with Crippen molar-refractivity contribution in [3.8, 4) is 17.0 Å². The fourth-order valence-electron chi connectivity index (χ4n) is 3.15. The van der Waals surface area contributed by atoms with Gasteiger partial charge >= 0.3 is 0 Å². The second-order valence-electron chi connectivity index (χ2n) is 6.35. The van der Waals surface area contributed by atoms with Crippen molar-refractivity contribution in [1.82, 2.24) is 15.1 Å². The molecule has 1 saturated carbocycles. The highest BCUT2D eigenvalue weighted by molar-refractivity contribution is 5.76. The molecule has 1 fully saturated rings. The van der Waals surface area contributed by atoms with Crippen LogP contribution in [0.15, 0.2) is 41.2 Å². The number of rotatable bonds is 5. The topological polar surface area (TPSA) is 73.2 Å². The van der Waals surface area contributed by atoms with E-state index >= 15 is 0 Å². The molecule has 1 aromatic heterocycles. The minimum atomic E-state index is -0.287. The van der Waals surface area contributed by atoms with Gasteiger partial charge in [0.1, 0.15) is 12.3 Å². The summed E-state index contributed by atoms with van der Waals surface area (Å²) in [6, 6.07) is 10.8. The number of ether oxygens (including phenoxy) is 1. The van der Waals surface area contributed by atoms with Crippen LogP contribution >= 0.6 is 0 Å². The minimum Gasteiger partial charge on any atom is -0.497 e. The van der Waals surface area contributed by atoms with Gasteiger partial charge in [-0.3, -0.25) is 9.59 Å². The van der Waals surface area contributed by atoms with E-state index in [4.69, 9.17) is 4.74 Å². The normalized spacial score (nSPS) is 14.9. The standard InChI is InChI=1S/C19H23N3O3/c1-25-16-9-5-6-14(12-16)17-10-11-19(24)22(21-17)13-18(23)20-15-7-3-2-4-8-15/h5-6,9-12,15H,2-4,7-8,13H2,1H3,(H,20,23). The Morgan fingerprint density at radius 3 is 2.80 bits per heavy atom. The number of hydrogen-bond donors (Lipinski definition) is 1. The molecule has 25 heavy (non-hydrogen) atoms. The van der Waals surface area contributed by atoms with Gasteiger partial charge in [-0.15, -0.1) is 0 Å². The van der Waals surface area contributed by atoms with E-state index in [9.17, 15) is 9.59 Å². The van der Waals surface area contributed by atoms with Crippen LogP contribution in [0.4, 0.5) is 0 Å². The van der Waals surface area contributed by atoms with Gasteiger partial charge in [-0.2, -0.15) is 5.10 Å². The van der Waals surface area contributed by atoms with E-state index in [-0.39, 0.29) is 24.1 Å². The predicted octanol–water partition coefficient (Wildman–Crippen LogP) is 2.37.